The average Bonchev–Trinajstić information content (AvgIpc) is 3.88. The van der Waals surface area contributed by atoms with Gasteiger partial charge in [-0.15, -0.1) is 0 Å². The van der Waals surface area contributed by atoms with E-state index in [9.17, 15) is 29.1 Å². The smallest absolute Gasteiger partial charge is 0.307 e. The van der Waals surface area contributed by atoms with Crippen molar-refractivity contribution in [3.63, 3.8) is 0 Å². The van der Waals surface area contributed by atoms with Crippen molar-refractivity contribution < 1.29 is 48.1 Å². The lowest BCUT2D eigenvalue weighted by Gasteiger charge is -2.23. The summed E-state index contributed by atoms with van der Waals surface area (Å²) in [4.78, 5) is 79.5. The number of para-hydroxylation sites is 2. The average molecular weight is 1040 g/mol. The molecule has 0 radical (unpaired) electrons. The fourth-order valence-electron chi connectivity index (χ4n) is 9.91. The normalized spacial score (nSPS) is 16.8. The number of amides is 3. The summed E-state index contributed by atoms with van der Waals surface area (Å²) >= 11 is 0. The number of hydrogen-bond acceptors (Lipinski definition) is 13. The minimum Gasteiger partial charge on any atom is -0.493 e. The third-order valence-electron chi connectivity index (χ3n) is 13.7. The number of carbonyl (C=O) groups excluding carboxylic acids is 4. The monoisotopic (exact) mass is 1040 g/mol. The molecule has 5 aromatic rings. The minimum atomic E-state index is -1.06. The van der Waals surface area contributed by atoms with Gasteiger partial charge in [-0.2, -0.15) is 0 Å². The van der Waals surface area contributed by atoms with Crippen molar-refractivity contribution in [1.29, 1.82) is 0 Å². The standard InChI is InChI=1S/C57H59N5O10S2/c1-6-59-72-32-44(63)25-40(56(67)68)33-73-74-57(3,4)18-17-53(64)60-41-21-35(30-70-50-28-47-46(19-34(50)2)55(66)62-43(29-58-47)24-39-12-8-10-14-49(39)62)20-36(22-41)31-71-52-26-37-15-16-42-23-38-11-7-9-13-48(38)61(42)54(65)45(37)27-51(52)69-5/h6-14,19-22,26-29,40,42-43H,15-18,23-25,30-33H2,1-5H3,(H,60,64)(H,67,68)/t40?,42-,43+/m1/s1. The number of rotatable bonds is 21. The second-order valence-electron chi connectivity index (χ2n) is 19.6. The molecule has 0 saturated carbocycles. The van der Waals surface area contributed by atoms with Gasteiger partial charge < -0.3 is 34.4 Å². The molecule has 0 fully saturated rings. The van der Waals surface area contributed by atoms with Crippen LogP contribution in [0, 0.1) is 12.8 Å². The molecule has 1 unspecified atom stereocenters. The van der Waals surface area contributed by atoms with E-state index in [4.69, 9.17) is 24.0 Å². The molecule has 4 heterocycles. The molecule has 15 nitrogen and oxygen atoms in total. The van der Waals surface area contributed by atoms with E-state index in [-0.39, 0.29) is 74.0 Å². The highest BCUT2D eigenvalue weighted by Gasteiger charge is 2.39. The number of carboxylic acids is 1. The summed E-state index contributed by atoms with van der Waals surface area (Å²) in [7, 11) is 4.39. The summed E-state index contributed by atoms with van der Waals surface area (Å²) in [5.41, 5.74) is 9.43. The van der Waals surface area contributed by atoms with Crippen LogP contribution in [0.1, 0.15) is 101 Å². The number of aryl methyl sites for hydroxylation is 2. The van der Waals surface area contributed by atoms with Crippen LogP contribution in [0.5, 0.6) is 17.2 Å². The molecule has 0 spiro atoms. The lowest BCUT2D eigenvalue weighted by molar-refractivity contribution is -0.143. The molecule has 74 heavy (non-hydrogen) atoms. The van der Waals surface area contributed by atoms with Crippen LogP contribution in [-0.2, 0) is 51.7 Å². The number of fused-ring (bicyclic) bond motifs is 8. The number of anilines is 3. The van der Waals surface area contributed by atoms with E-state index >= 15 is 0 Å². The predicted octanol–water partition coefficient (Wildman–Crippen LogP) is 10.5. The molecule has 4 aliphatic rings. The maximum absolute atomic E-state index is 14.2. The molecule has 3 amide bonds. The Kier molecular flexibility index (Phi) is 15.8. The second-order valence-corrected chi connectivity index (χ2v) is 22.6. The van der Waals surface area contributed by atoms with E-state index in [2.05, 4.69) is 16.5 Å². The van der Waals surface area contributed by atoms with Crippen LogP contribution in [0.3, 0.4) is 0 Å². The molecule has 9 rings (SSSR count). The van der Waals surface area contributed by atoms with Crippen molar-refractivity contribution in [1.82, 2.24) is 0 Å². The number of hydrogen-bond donors (Lipinski definition) is 2. The Labute approximate surface area is 438 Å². The number of Topliss-reactive ketones (excluding diaryl/α,β-unsaturated/α-hetero) is 1. The van der Waals surface area contributed by atoms with Crippen molar-refractivity contribution in [3.05, 3.63) is 136 Å². The van der Waals surface area contributed by atoms with Crippen LogP contribution >= 0.6 is 21.6 Å². The molecule has 0 aliphatic carbocycles. The first kappa shape index (κ1) is 51.8. The zero-order valence-corrected chi connectivity index (χ0v) is 43.7. The first-order valence-corrected chi connectivity index (χ1v) is 27.1. The molecule has 384 valence electrons. The summed E-state index contributed by atoms with van der Waals surface area (Å²) < 4.78 is 18.4. The fraction of sp³-hybridized carbons (Fsp3) is 0.351. The van der Waals surface area contributed by atoms with Gasteiger partial charge >= 0.3 is 5.97 Å². The SMILES string of the molecule is CC=NOCC(=O)CC(CSSC(C)(C)CCC(=O)Nc1cc(COc2cc3c(cc2C)C(=O)N2c4ccccc4C[C@H]2C=N3)cc(COc2cc3c(cc2OC)C(=O)N2c4ccccc4C[C@H]2CC3)c1)C(=O)O. The van der Waals surface area contributed by atoms with E-state index in [0.29, 0.717) is 59.0 Å². The number of carboxylic acid groups (broad SMARTS) is 1. The summed E-state index contributed by atoms with van der Waals surface area (Å²) in [6.45, 7) is 7.46. The van der Waals surface area contributed by atoms with Crippen molar-refractivity contribution in [2.45, 2.75) is 103 Å². The minimum absolute atomic E-state index is 0.0550. The predicted molar refractivity (Wildman–Crippen MR) is 290 cm³/mol. The second kappa shape index (κ2) is 22.6. The van der Waals surface area contributed by atoms with Crippen molar-refractivity contribution in [3.8, 4) is 17.2 Å². The number of benzene rings is 5. The fourth-order valence-corrected chi connectivity index (χ4v) is 12.8. The molecule has 0 bridgehead atoms. The summed E-state index contributed by atoms with van der Waals surface area (Å²) in [5, 5.41) is 16.4. The van der Waals surface area contributed by atoms with Crippen LogP contribution in [-0.4, -0.2) is 83.3 Å². The van der Waals surface area contributed by atoms with Crippen LogP contribution in [0.25, 0.3) is 0 Å². The third kappa shape index (κ3) is 11.6. The Balaban J connectivity index is 0.906. The molecular weight excluding hydrogens is 979 g/mol. The van der Waals surface area contributed by atoms with E-state index in [0.717, 1.165) is 52.0 Å². The number of methoxy groups -OCH3 is 1. The van der Waals surface area contributed by atoms with E-state index in [1.165, 1.54) is 33.4 Å². The maximum atomic E-state index is 14.2. The van der Waals surface area contributed by atoms with Crippen molar-refractivity contribution in [2.24, 2.45) is 16.1 Å². The first-order chi connectivity index (χ1) is 35.7. The number of ketones is 1. The Bertz CT molecular complexity index is 3070. The third-order valence-corrected chi connectivity index (χ3v) is 17.1. The lowest BCUT2D eigenvalue weighted by Crippen LogP contribution is -2.37. The van der Waals surface area contributed by atoms with Gasteiger partial charge in [0.15, 0.2) is 23.9 Å². The van der Waals surface area contributed by atoms with Crippen LogP contribution < -0.4 is 29.3 Å². The van der Waals surface area contributed by atoms with E-state index in [1.807, 2.05) is 110 Å². The van der Waals surface area contributed by atoms with Gasteiger partial charge in [0.1, 0.15) is 19.0 Å². The molecule has 4 aliphatic heterocycles. The highest BCUT2D eigenvalue weighted by Crippen LogP contribution is 2.43. The largest absolute Gasteiger partial charge is 0.493 e. The molecule has 0 aromatic heterocycles. The van der Waals surface area contributed by atoms with Crippen LogP contribution in [0.15, 0.2) is 101 Å². The zero-order valence-electron chi connectivity index (χ0n) is 42.1. The highest BCUT2D eigenvalue weighted by molar-refractivity contribution is 8.77. The Morgan fingerprint density at radius 3 is 2.27 bits per heavy atom. The highest BCUT2D eigenvalue weighted by atomic mass is 33.1. The Hall–Kier alpha value is -7.11. The van der Waals surface area contributed by atoms with Gasteiger partial charge in [0.05, 0.1) is 30.3 Å². The molecule has 2 N–H and O–H groups in total. The number of ether oxygens (including phenoxy) is 3. The summed E-state index contributed by atoms with van der Waals surface area (Å²) in [6.07, 6.45) is 6.72. The number of nitrogens with one attached hydrogen (secondary N) is 1. The number of aliphatic carboxylic acids is 1. The number of aliphatic imine (C=N–C) groups is 1. The molecule has 17 heteroatoms. The maximum Gasteiger partial charge on any atom is 0.307 e. The Morgan fingerprint density at radius 2 is 1.55 bits per heavy atom. The number of carbonyl (C=O) groups is 5. The zero-order chi connectivity index (χ0) is 52.1. The van der Waals surface area contributed by atoms with Crippen LogP contribution in [0.2, 0.25) is 0 Å². The topological polar surface area (TPSA) is 186 Å². The van der Waals surface area contributed by atoms with Gasteiger partial charge in [0.2, 0.25) is 5.91 Å². The van der Waals surface area contributed by atoms with Crippen molar-refractivity contribution in [2.75, 3.05) is 34.6 Å². The van der Waals surface area contributed by atoms with Gasteiger partial charge in [-0.25, -0.2) is 0 Å². The van der Waals surface area contributed by atoms with Crippen LogP contribution in [0.4, 0.5) is 22.7 Å². The molecule has 3 atom stereocenters. The van der Waals surface area contributed by atoms with Gasteiger partial charge in [-0.05, 0) is 135 Å². The summed E-state index contributed by atoms with van der Waals surface area (Å²) in [5.74, 6) is -1.01. The summed E-state index contributed by atoms with van der Waals surface area (Å²) in [6, 6.07) is 28.9. The van der Waals surface area contributed by atoms with Crippen molar-refractivity contribution >= 4 is 86.2 Å². The van der Waals surface area contributed by atoms with Gasteiger partial charge in [0.25, 0.3) is 11.8 Å². The van der Waals surface area contributed by atoms with Gasteiger partial charge in [0, 0.05) is 76.9 Å². The number of oxime groups is 1. The molecule has 0 saturated heterocycles. The van der Waals surface area contributed by atoms with Gasteiger partial charge in [-0.3, -0.25) is 33.9 Å². The number of nitrogens with zero attached hydrogens (tertiary/aromatic N) is 4. The first-order valence-electron chi connectivity index (χ1n) is 24.7. The van der Waals surface area contributed by atoms with Gasteiger partial charge in [-0.1, -0.05) is 63.1 Å². The lowest BCUT2D eigenvalue weighted by atomic mass is 9.99. The van der Waals surface area contributed by atoms with E-state index < -0.39 is 16.6 Å². The molecule has 5 aromatic carbocycles. The van der Waals surface area contributed by atoms with E-state index in [1.54, 1.807) is 26.2 Å². The Morgan fingerprint density at radius 1 is 0.865 bits per heavy atom. The molecular formula is C57H59N5O10S2. The quantitative estimate of drug-likeness (QED) is 0.0403.